The van der Waals surface area contributed by atoms with Gasteiger partial charge < -0.3 is 15.0 Å². The highest BCUT2D eigenvalue weighted by molar-refractivity contribution is 5.95. The zero-order valence-electron chi connectivity index (χ0n) is 15.1. The Balaban J connectivity index is 1.58. The van der Waals surface area contributed by atoms with Gasteiger partial charge >= 0.3 is 0 Å². The maximum absolute atomic E-state index is 12.2. The number of ether oxygens (including phenoxy) is 1. The van der Waals surface area contributed by atoms with Gasteiger partial charge in [0.1, 0.15) is 11.6 Å². The first-order valence-corrected chi connectivity index (χ1v) is 8.95. The Hall–Kier alpha value is -2.83. The largest absolute Gasteiger partial charge is 0.484 e. The Morgan fingerprint density at radius 1 is 1.38 bits per heavy atom. The predicted molar refractivity (Wildman–Crippen MR) is 99.4 cm³/mol. The molecule has 2 aromatic rings. The molecule has 1 aromatic heterocycles. The molecule has 0 saturated carbocycles. The standard InChI is InChI=1S/C19H24N4O3/c1-3-14(2)23-17(9-10-20-23)21-18(24)13-26-16-7-4-6-15(12-16)22-11-5-8-19(22)25/h4,6-7,9-10,12,14H,3,5,8,11,13H2,1-2H3,(H,21,24). The summed E-state index contributed by atoms with van der Waals surface area (Å²) in [6.07, 6.45) is 4.04. The smallest absolute Gasteiger partial charge is 0.263 e. The number of amides is 2. The third-order valence-electron chi connectivity index (χ3n) is 4.52. The summed E-state index contributed by atoms with van der Waals surface area (Å²) in [5.74, 6) is 1.09. The van der Waals surface area contributed by atoms with Gasteiger partial charge in [-0.3, -0.25) is 9.59 Å². The second-order valence-corrected chi connectivity index (χ2v) is 6.40. The zero-order valence-corrected chi connectivity index (χ0v) is 15.1. The number of nitrogens with one attached hydrogen (secondary N) is 1. The van der Waals surface area contributed by atoms with Crippen LogP contribution in [0.15, 0.2) is 36.5 Å². The minimum Gasteiger partial charge on any atom is -0.484 e. The lowest BCUT2D eigenvalue weighted by Crippen LogP contribution is -2.24. The molecule has 2 heterocycles. The van der Waals surface area contributed by atoms with Crippen LogP contribution in [0.3, 0.4) is 0 Å². The molecular weight excluding hydrogens is 332 g/mol. The van der Waals surface area contributed by atoms with Gasteiger partial charge in [0.2, 0.25) is 5.91 Å². The molecule has 1 N–H and O–H groups in total. The number of aromatic nitrogens is 2. The van der Waals surface area contributed by atoms with E-state index >= 15 is 0 Å². The second kappa shape index (κ2) is 8.03. The number of hydrogen-bond donors (Lipinski definition) is 1. The maximum atomic E-state index is 12.2. The van der Waals surface area contributed by atoms with Crippen LogP contribution in [0.4, 0.5) is 11.5 Å². The first kappa shape index (κ1) is 18.0. The molecule has 0 bridgehead atoms. The summed E-state index contributed by atoms with van der Waals surface area (Å²) in [4.78, 5) is 25.8. The van der Waals surface area contributed by atoms with Crippen molar-refractivity contribution in [1.82, 2.24) is 9.78 Å². The number of nitrogens with zero attached hydrogens (tertiary/aromatic N) is 3. The lowest BCUT2D eigenvalue weighted by atomic mass is 10.3. The van der Waals surface area contributed by atoms with Crippen molar-refractivity contribution in [1.29, 1.82) is 0 Å². The van der Waals surface area contributed by atoms with E-state index in [-0.39, 0.29) is 24.5 Å². The fourth-order valence-corrected chi connectivity index (χ4v) is 2.93. The van der Waals surface area contributed by atoms with Gasteiger partial charge in [-0.2, -0.15) is 5.10 Å². The summed E-state index contributed by atoms with van der Waals surface area (Å²) < 4.78 is 7.39. The van der Waals surface area contributed by atoms with E-state index in [2.05, 4.69) is 17.3 Å². The highest BCUT2D eigenvalue weighted by atomic mass is 16.5. The van der Waals surface area contributed by atoms with E-state index in [1.807, 2.05) is 19.1 Å². The molecular formula is C19H24N4O3. The monoisotopic (exact) mass is 356 g/mol. The Morgan fingerprint density at radius 2 is 2.23 bits per heavy atom. The van der Waals surface area contributed by atoms with Gasteiger partial charge in [-0.15, -0.1) is 0 Å². The first-order valence-electron chi connectivity index (χ1n) is 8.95. The van der Waals surface area contributed by atoms with Crippen molar-refractivity contribution in [3.05, 3.63) is 36.5 Å². The van der Waals surface area contributed by atoms with E-state index in [0.717, 1.165) is 25.1 Å². The molecule has 1 unspecified atom stereocenters. The number of anilines is 2. The van der Waals surface area contributed by atoms with Gasteiger partial charge in [0, 0.05) is 30.8 Å². The Kier molecular flexibility index (Phi) is 5.55. The molecule has 7 heteroatoms. The summed E-state index contributed by atoms with van der Waals surface area (Å²) >= 11 is 0. The third-order valence-corrected chi connectivity index (χ3v) is 4.52. The van der Waals surface area contributed by atoms with E-state index in [1.165, 1.54) is 0 Å². The average Bonchev–Trinajstić information content (AvgIpc) is 3.28. The van der Waals surface area contributed by atoms with Gasteiger partial charge in [0.25, 0.3) is 5.91 Å². The average molecular weight is 356 g/mol. The van der Waals surface area contributed by atoms with Crippen LogP contribution in [0.2, 0.25) is 0 Å². The van der Waals surface area contributed by atoms with Gasteiger partial charge in [-0.1, -0.05) is 13.0 Å². The fourth-order valence-electron chi connectivity index (χ4n) is 2.93. The van der Waals surface area contributed by atoms with Gasteiger partial charge in [0.15, 0.2) is 6.61 Å². The summed E-state index contributed by atoms with van der Waals surface area (Å²) in [6, 6.07) is 9.24. The Morgan fingerprint density at radius 3 is 2.96 bits per heavy atom. The van der Waals surface area contributed by atoms with Crippen molar-refractivity contribution in [3.63, 3.8) is 0 Å². The SMILES string of the molecule is CCC(C)n1nccc1NC(=O)COc1cccc(N2CCCC2=O)c1. The molecule has 0 aliphatic carbocycles. The molecule has 26 heavy (non-hydrogen) atoms. The van der Waals surface area contributed by atoms with E-state index in [9.17, 15) is 9.59 Å². The van der Waals surface area contributed by atoms with Gasteiger partial charge in [0.05, 0.1) is 12.2 Å². The summed E-state index contributed by atoms with van der Waals surface area (Å²) in [5, 5.41) is 7.07. The molecule has 1 aliphatic rings. The molecule has 7 nitrogen and oxygen atoms in total. The van der Waals surface area contributed by atoms with Crippen LogP contribution in [-0.4, -0.2) is 34.7 Å². The van der Waals surface area contributed by atoms with Crippen molar-refractivity contribution in [2.75, 3.05) is 23.4 Å². The molecule has 2 amide bonds. The second-order valence-electron chi connectivity index (χ2n) is 6.40. The highest BCUT2D eigenvalue weighted by Gasteiger charge is 2.22. The normalized spacial score (nSPS) is 15.2. The van der Waals surface area contributed by atoms with Crippen LogP contribution in [0, 0.1) is 0 Å². The van der Waals surface area contributed by atoms with Crippen LogP contribution in [0.1, 0.15) is 39.2 Å². The van der Waals surface area contributed by atoms with Crippen LogP contribution < -0.4 is 15.0 Å². The molecule has 1 aromatic carbocycles. The Bertz CT molecular complexity index is 787. The van der Waals surface area contributed by atoms with E-state index in [0.29, 0.717) is 18.0 Å². The number of benzene rings is 1. The molecule has 1 atom stereocenters. The van der Waals surface area contributed by atoms with Crippen molar-refractivity contribution in [3.8, 4) is 5.75 Å². The molecule has 1 saturated heterocycles. The molecule has 3 rings (SSSR count). The van der Waals surface area contributed by atoms with Crippen LogP contribution in [0.25, 0.3) is 0 Å². The van der Waals surface area contributed by atoms with Crippen molar-refractivity contribution < 1.29 is 14.3 Å². The molecule has 0 radical (unpaired) electrons. The zero-order chi connectivity index (χ0) is 18.5. The number of carbonyl (C=O) groups is 2. The van der Waals surface area contributed by atoms with Crippen molar-refractivity contribution in [2.24, 2.45) is 0 Å². The molecule has 138 valence electrons. The number of hydrogen-bond acceptors (Lipinski definition) is 4. The topological polar surface area (TPSA) is 76.5 Å². The van der Waals surface area contributed by atoms with E-state index in [4.69, 9.17) is 4.74 Å². The maximum Gasteiger partial charge on any atom is 0.263 e. The van der Waals surface area contributed by atoms with Gasteiger partial charge in [-0.05, 0) is 31.9 Å². The predicted octanol–water partition coefficient (Wildman–Crippen LogP) is 3.00. The van der Waals surface area contributed by atoms with Gasteiger partial charge in [-0.25, -0.2) is 4.68 Å². The minimum atomic E-state index is -0.252. The summed E-state index contributed by atoms with van der Waals surface area (Å²) in [7, 11) is 0. The number of carbonyl (C=O) groups excluding carboxylic acids is 2. The summed E-state index contributed by atoms with van der Waals surface area (Å²) in [6.45, 7) is 4.73. The highest BCUT2D eigenvalue weighted by Crippen LogP contribution is 2.25. The van der Waals surface area contributed by atoms with E-state index in [1.54, 1.807) is 34.0 Å². The Labute approximate surface area is 152 Å². The summed E-state index contributed by atoms with van der Waals surface area (Å²) in [5.41, 5.74) is 0.806. The minimum absolute atomic E-state index is 0.108. The van der Waals surface area contributed by atoms with Crippen molar-refractivity contribution >= 4 is 23.3 Å². The lowest BCUT2D eigenvalue weighted by Gasteiger charge is -2.17. The third kappa shape index (κ3) is 4.04. The van der Waals surface area contributed by atoms with Crippen LogP contribution in [0.5, 0.6) is 5.75 Å². The molecule has 1 fully saturated rings. The molecule has 0 spiro atoms. The number of rotatable bonds is 7. The lowest BCUT2D eigenvalue weighted by molar-refractivity contribution is -0.118. The van der Waals surface area contributed by atoms with E-state index < -0.39 is 0 Å². The van der Waals surface area contributed by atoms with Crippen LogP contribution >= 0.6 is 0 Å². The first-order chi connectivity index (χ1) is 12.6. The van der Waals surface area contributed by atoms with Crippen LogP contribution in [-0.2, 0) is 9.59 Å². The fraction of sp³-hybridized carbons (Fsp3) is 0.421. The van der Waals surface area contributed by atoms with Crippen molar-refractivity contribution in [2.45, 2.75) is 39.2 Å². The quantitative estimate of drug-likeness (QED) is 0.827. The molecule has 1 aliphatic heterocycles.